The quantitative estimate of drug-likeness (QED) is 0.916. The first-order chi connectivity index (χ1) is 10.7. The van der Waals surface area contributed by atoms with Crippen molar-refractivity contribution >= 4 is 38.5 Å². The lowest BCUT2D eigenvalue weighted by atomic mass is 10.3. The number of aromatic nitrogens is 1. The zero-order chi connectivity index (χ0) is 15.5. The summed E-state index contributed by atoms with van der Waals surface area (Å²) in [5.41, 5.74) is 0.908. The largest absolute Gasteiger partial charge is 0.354 e. The molecular weight excluding hydrogens is 300 g/mol. The number of nitrogens with zero attached hydrogens (tertiary/aromatic N) is 3. The Morgan fingerprint density at radius 2 is 2.27 bits per heavy atom. The van der Waals surface area contributed by atoms with Crippen molar-refractivity contribution in [3.63, 3.8) is 0 Å². The van der Waals surface area contributed by atoms with Crippen LogP contribution in [0.4, 0.5) is 5.13 Å². The molecule has 2 amide bonds. The van der Waals surface area contributed by atoms with Gasteiger partial charge in [0, 0.05) is 19.6 Å². The second kappa shape index (κ2) is 6.41. The van der Waals surface area contributed by atoms with Crippen LogP contribution in [0.15, 0.2) is 24.3 Å². The van der Waals surface area contributed by atoms with Gasteiger partial charge in [-0.1, -0.05) is 23.5 Å². The molecule has 1 saturated heterocycles. The lowest BCUT2D eigenvalue weighted by molar-refractivity contribution is -0.126. The highest BCUT2D eigenvalue weighted by atomic mass is 32.1. The van der Waals surface area contributed by atoms with Crippen molar-refractivity contribution in [3.8, 4) is 0 Å². The normalized spacial score (nSPS) is 15.8. The first kappa shape index (κ1) is 14.9. The van der Waals surface area contributed by atoms with E-state index in [0.29, 0.717) is 19.6 Å². The lowest BCUT2D eigenvalue weighted by Crippen LogP contribution is -2.51. The van der Waals surface area contributed by atoms with E-state index in [1.54, 1.807) is 4.90 Å². The highest BCUT2D eigenvalue weighted by Gasteiger charge is 2.23. The van der Waals surface area contributed by atoms with E-state index in [-0.39, 0.29) is 24.9 Å². The van der Waals surface area contributed by atoms with Gasteiger partial charge in [-0.15, -0.1) is 0 Å². The zero-order valence-electron chi connectivity index (χ0n) is 12.4. The Hall–Kier alpha value is -1.99. The van der Waals surface area contributed by atoms with Gasteiger partial charge in [0.05, 0.1) is 23.3 Å². The molecule has 2 heterocycles. The van der Waals surface area contributed by atoms with Gasteiger partial charge in [0.25, 0.3) is 0 Å². The minimum atomic E-state index is -0.0258. The summed E-state index contributed by atoms with van der Waals surface area (Å²) in [6, 6.07) is 7.86. The van der Waals surface area contributed by atoms with E-state index in [2.05, 4.69) is 10.3 Å². The number of thiazole rings is 1. The lowest BCUT2D eigenvalue weighted by Gasteiger charge is -2.28. The van der Waals surface area contributed by atoms with Crippen LogP contribution >= 0.6 is 11.3 Å². The number of nitrogens with one attached hydrogen (secondary N) is 1. The molecule has 0 radical (unpaired) electrons. The number of para-hydroxylation sites is 1. The number of fused-ring (bicyclic) bond motifs is 1. The summed E-state index contributed by atoms with van der Waals surface area (Å²) in [6.07, 6.45) is 0. The van der Waals surface area contributed by atoms with Crippen LogP contribution < -0.4 is 10.2 Å². The zero-order valence-corrected chi connectivity index (χ0v) is 13.2. The molecule has 1 aromatic heterocycles. The monoisotopic (exact) mass is 318 g/mol. The Labute approximate surface area is 132 Å². The Balaban J connectivity index is 1.75. The number of hydrogen-bond donors (Lipinski definition) is 1. The van der Waals surface area contributed by atoms with E-state index in [4.69, 9.17) is 0 Å². The summed E-state index contributed by atoms with van der Waals surface area (Å²) in [4.78, 5) is 32.0. The maximum atomic E-state index is 12.5. The molecule has 1 fully saturated rings. The van der Waals surface area contributed by atoms with Gasteiger partial charge in [0.2, 0.25) is 11.8 Å². The highest BCUT2D eigenvalue weighted by Crippen LogP contribution is 2.28. The SMILES string of the molecule is CCN(C(=O)CN1CCNC(=O)C1)c1nc2ccccc2s1. The number of carbonyl (C=O) groups excluding carboxylic acids is 2. The third-order valence-corrected chi connectivity index (χ3v) is 4.67. The van der Waals surface area contributed by atoms with Crippen LogP contribution in [-0.4, -0.2) is 54.4 Å². The Morgan fingerprint density at radius 3 is 3.00 bits per heavy atom. The number of piperazine rings is 1. The van der Waals surface area contributed by atoms with Crippen LogP contribution in [-0.2, 0) is 9.59 Å². The number of amides is 2. The summed E-state index contributed by atoms with van der Waals surface area (Å²) in [7, 11) is 0. The van der Waals surface area contributed by atoms with Crippen LogP contribution in [0.25, 0.3) is 10.2 Å². The highest BCUT2D eigenvalue weighted by molar-refractivity contribution is 7.22. The van der Waals surface area contributed by atoms with Gasteiger partial charge in [-0.05, 0) is 19.1 Å². The minimum Gasteiger partial charge on any atom is -0.354 e. The summed E-state index contributed by atoms with van der Waals surface area (Å²) in [6.45, 7) is 4.33. The summed E-state index contributed by atoms with van der Waals surface area (Å²) in [5.74, 6) is -0.0432. The van der Waals surface area contributed by atoms with Crippen molar-refractivity contribution in [2.45, 2.75) is 6.92 Å². The molecule has 3 rings (SSSR count). The van der Waals surface area contributed by atoms with E-state index in [1.165, 1.54) is 11.3 Å². The topological polar surface area (TPSA) is 65.5 Å². The number of benzene rings is 1. The third-order valence-electron chi connectivity index (χ3n) is 3.61. The molecule has 2 aromatic rings. The molecule has 0 saturated carbocycles. The summed E-state index contributed by atoms with van der Waals surface area (Å²) in [5, 5.41) is 3.48. The second-order valence-corrected chi connectivity index (χ2v) is 6.17. The minimum absolute atomic E-state index is 0.0174. The fourth-order valence-electron chi connectivity index (χ4n) is 2.50. The first-order valence-corrected chi connectivity index (χ1v) is 8.14. The molecule has 0 spiro atoms. The van der Waals surface area contributed by atoms with E-state index < -0.39 is 0 Å². The molecule has 0 aliphatic carbocycles. The van der Waals surface area contributed by atoms with Gasteiger partial charge in [-0.2, -0.15) is 0 Å². The van der Waals surface area contributed by atoms with Crippen molar-refractivity contribution in [2.75, 3.05) is 37.6 Å². The summed E-state index contributed by atoms with van der Waals surface area (Å²) >= 11 is 1.52. The van der Waals surface area contributed by atoms with Gasteiger partial charge in [-0.25, -0.2) is 4.98 Å². The standard InChI is InChI=1S/C15H18N4O2S/c1-2-19(14(21)10-18-8-7-16-13(20)9-18)15-17-11-5-3-4-6-12(11)22-15/h3-6H,2,7-10H2,1H3,(H,16,20). The Kier molecular flexibility index (Phi) is 4.35. The van der Waals surface area contributed by atoms with Gasteiger partial charge < -0.3 is 5.32 Å². The van der Waals surface area contributed by atoms with E-state index in [1.807, 2.05) is 36.1 Å². The summed E-state index contributed by atoms with van der Waals surface area (Å²) < 4.78 is 1.07. The number of hydrogen-bond acceptors (Lipinski definition) is 5. The third kappa shape index (κ3) is 3.10. The second-order valence-electron chi connectivity index (χ2n) is 5.16. The molecule has 0 atom stereocenters. The van der Waals surface area contributed by atoms with Crippen LogP contribution in [0.5, 0.6) is 0 Å². The first-order valence-electron chi connectivity index (χ1n) is 7.32. The predicted octanol–water partition coefficient (Wildman–Crippen LogP) is 1.08. The number of likely N-dealkylation sites (N-methyl/N-ethyl adjacent to an activating group) is 1. The van der Waals surface area contributed by atoms with E-state index in [0.717, 1.165) is 15.3 Å². The van der Waals surface area contributed by atoms with Crippen LogP contribution in [0.2, 0.25) is 0 Å². The number of rotatable bonds is 4. The van der Waals surface area contributed by atoms with Crippen LogP contribution in [0.3, 0.4) is 0 Å². The van der Waals surface area contributed by atoms with Crippen LogP contribution in [0.1, 0.15) is 6.92 Å². The smallest absolute Gasteiger partial charge is 0.242 e. The molecular formula is C15H18N4O2S. The molecule has 6 nitrogen and oxygen atoms in total. The molecule has 22 heavy (non-hydrogen) atoms. The maximum absolute atomic E-state index is 12.5. The van der Waals surface area contributed by atoms with Gasteiger partial charge >= 0.3 is 0 Å². The average Bonchev–Trinajstić information content (AvgIpc) is 2.91. The fourth-order valence-corrected chi connectivity index (χ4v) is 3.54. The average molecular weight is 318 g/mol. The van der Waals surface area contributed by atoms with E-state index >= 15 is 0 Å². The Bertz CT molecular complexity index is 667. The van der Waals surface area contributed by atoms with Gasteiger partial charge in [0.15, 0.2) is 5.13 Å². The van der Waals surface area contributed by atoms with E-state index in [9.17, 15) is 9.59 Å². The number of carbonyl (C=O) groups is 2. The van der Waals surface area contributed by atoms with Gasteiger partial charge in [0.1, 0.15) is 0 Å². The molecule has 0 unspecified atom stereocenters. The van der Waals surface area contributed by atoms with Crippen molar-refractivity contribution in [1.29, 1.82) is 0 Å². The fraction of sp³-hybridized carbons (Fsp3) is 0.400. The Morgan fingerprint density at radius 1 is 1.45 bits per heavy atom. The predicted molar refractivity (Wildman–Crippen MR) is 87.1 cm³/mol. The molecule has 116 valence electrons. The molecule has 1 aliphatic rings. The maximum Gasteiger partial charge on any atom is 0.242 e. The van der Waals surface area contributed by atoms with Crippen molar-refractivity contribution in [2.24, 2.45) is 0 Å². The molecule has 1 aromatic carbocycles. The van der Waals surface area contributed by atoms with Crippen LogP contribution in [0, 0.1) is 0 Å². The molecule has 1 N–H and O–H groups in total. The van der Waals surface area contributed by atoms with Crippen molar-refractivity contribution in [1.82, 2.24) is 15.2 Å². The molecule has 7 heteroatoms. The van der Waals surface area contributed by atoms with Gasteiger partial charge in [-0.3, -0.25) is 19.4 Å². The molecule has 1 aliphatic heterocycles. The number of anilines is 1. The van der Waals surface area contributed by atoms with Crippen molar-refractivity contribution < 1.29 is 9.59 Å². The van der Waals surface area contributed by atoms with Crippen molar-refractivity contribution in [3.05, 3.63) is 24.3 Å². The molecule has 0 bridgehead atoms.